The van der Waals surface area contributed by atoms with Gasteiger partial charge in [-0.3, -0.25) is 0 Å². The van der Waals surface area contributed by atoms with E-state index >= 15 is 0 Å². The molecule has 0 saturated heterocycles. The molecule has 1 aromatic rings. The van der Waals surface area contributed by atoms with Crippen LogP contribution in [0.3, 0.4) is 0 Å². The Labute approximate surface area is 168 Å². The van der Waals surface area contributed by atoms with Crippen molar-refractivity contribution in [2.75, 3.05) is 0 Å². The molecule has 0 heterocycles. The summed E-state index contributed by atoms with van der Waals surface area (Å²) in [5.41, 5.74) is 4.33. The summed E-state index contributed by atoms with van der Waals surface area (Å²) in [4.78, 5) is 0. The van der Waals surface area contributed by atoms with E-state index in [1.807, 2.05) is 0 Å². The second-order valence-electron chi connectivity index (χ2n) is 9.15. The second kappa shape index (κ2) is 10.9. The van der Waals surface area contributed by atoms with Crippen LogP contribution in [0.15, 0.2) is 42.5 Å². The summed E-state index contributed by atoms with van der Waals surface area (Å²) in [5, 5.41) is 0. The zero-order valence-corrected chi connectivity index (χ0v) is 17.8. The largest absolute Gasteiger partial charge is 0.0802 e. The molecule has 0 radical (unpaired) electrons. The van der Waals surface area contributed by atoms with Crippen LogP contribution in [-0.4, -0.2) is 0 Å². The Kier molecular flexibility index (Phi) is 8.24. The van der Waals surface area contributed by atoms with Crippen molar-refractivity contribution in [2.45, 2.75) is 90.9 Å². The smallest absolute Gasteiger partial charge is 0.0167 e. The molecule has 0 amide bonds. The summed E-state index contributed by atoms with van der Waals surface area (Å²) >= 11 is 0. The average molecular weight is 365 g/mol. The van der Waals surface area contributed by atoms with Crippen molar-refractivity contribution in [1.82, 2.24) is 0 Å². The fraction of sp³-hybridized carbons (Fsp3) is 0.630. The predicted octanol–water partition coefficient (Wildman–Crippen LogP) is 8.38. The summed E-state index contributed by atoms with van der Waals surface area (Å²) in [6, 6.07) is 9.38. The molecule has 0 aromatic heterocycles. The first-order chi connectivity index (χ1) is 13.3. The number of benzene rings is 1. The van der Waals surface area contributed by atoms with Gasteiger partial charge in [-0.25, -0.2) is 0 Å². The van der Waals surface area contributed by atoms with Gasteiger partial charge in [-0.2, -0.15) is 0 Å². The fourth-order valence-corrected chi connectivity index (χ4v) is 4.89. The zero-order chi connectivity index (χ0) is 18.9. The lowest BCUT2D eigenvalue weighted by Crippen LogP contribution is -2.20. The van der Waals surface area contributed by atoms with Gasteiger partial charge in [0.1, 0.15) is 0 Å². The van der Waals surface area contributed by atoms with Crippen LogP contribution in [0.2, 0.25) is 0 Å². The van der Waals surface area contributed by atoms with Gasteiger partial charge in [-0.1, -0.05) is 101 Å². The van der Waals surface area contributed by atoms with Gasteiger partial charge in [0.2, 0.25) is 0 Å². The van der Waals surface area contributed by atoms with Gasteiger partial charge in [-0.15, -0.1) is 0 Å². The Hall–Kier alpha value is -1.30. The molecule has 1 fully saturated rings. The Morgan fingerprint density at radius 1 is 0.852 bits per heavy atom. The van der Waals surface area contributed by atoms with Crippen molar-refractivity contribution in [3.8, 4) is 0 Å². The lowest BCUT2D eigenvalue weighted by molar-refractivity contribution is 0.240. The van der Waals surface area contributed by atoms with Gasteiger partial charge in [0.25, 0.3) is 0 Å². The van der Waals surface area contributed by atoms with Gasteiger partial charge < -0.3 is 0 Å². The first-order valence-corrected chi connectivity index (χ1v) is 11.7. The third-order valence-electron chi connectivity index (χ3n) is 6.91. The van der Waals surface area contributed by atoms with Gasteiger partial charge in [0.15, 0.2) is 0 Å². The summed E-state index contributed by atoms with van der Waals surface area (Å²) in [5.74, 6) is 2.66. The van der Waals surface area contributed by atoms with Crippen molar-refractivity contribution < 1.29 is 0 Å². The minimum Gasteiger partial charge on any atom is -0.0802 e. The molecule has 0 N–H and O–H groups in total. The highest BCUT2D eigenvalue weighted by Crippen LogP contribution is 2.38. The van der Waals surface area contributed by atoms with Crippen LogP contribution in [0.5, 0.6) is 0 Å². The number of unbranched alkanes of at least 4 members (excludes halogenated alkanes) is 5. The third-order valence-corrected chi connectivity index (χ3v) is 6.91. The lowest BCUT2D eigenvalue weighted by atomic mass is 9.74. The Balaban J connectivity index is 1.43. The molecule has 1 saturated carbocycles. The molecular weight excluding hydrogens is 324 g/mol. The minimum absolute atomic E-state index is 0.785. The van der Waals surface area contributed by atoms with Crippen LogP contribution in [-0.2, 0) is 6.42 Å². The quantitative estimate of drug-likeness (QED) is 0.386. The number of rotatable bonds is 9. The number of aryl methyl sites for hydroxylation is 1. The van der Waals surface area contributed by atoms with E-state index in [0.717, 1.165) is 17.8 Å². The van der Waals surface area contributed by atoms with Crippen molar-refractivity contribution in [3.63, 3.8) is 0 Å². The van der Waals surface area contributed by atoms with Crippen molar-refractivity contribution in [3.05, 3.63) is 53.6 Å². The monoisotopic (exact) mass is 364 g/mol. The Morgan fingerprint density at radius 2 is 1.56 bits per heavy atom. The maximum Gasteiger partial charge on any atom is -0.0167 e. The van der Waals surface area contributed by atoms with Crippen molar-refractivity contribution in [2.24, 2.45) is 17.8 Å². The molecule has 148 valence electrons. The highest BCUT2D eigenvalue weighted by atomic mass is 14.3. The van der Waals surface area contributed by atoms with E-state index in [2.05, 4.69) is 56.3 Å². The summed E-state index contributed by atoms with van der Waals surface area (Å²) in [6.07, 6.45) is 23.9. The van der Waals surface area contributed by atoms with E-state index < -0.39 is 0 Å². The van der Waals surface area contributed by atoms with Crippen LogP contribution in [0.1, 0.15) is 95.6 Å². The van der Waals surface area contributed by atoms with E-state index in [-0.39, 0.29) is 0 Å². The van der Waals surface area contributed by atoms with Crippen LogP contribution in [0.4, 0.5) is 0 Å². The van der Waals surface area contributed by atoms with Gasteiger partial charge in [-0.05, 0) is 66.6 Å². The molecule has 0 bridgehead atoms. The Bertz CT molecular complexity index is 595. The van der Waals surface area contributed by atoms with Gasteiger partial charge in [0, 0.05) is 0 Å². The summed E-state index contributed by atoms with van der Waals surface area (Å²) in [7, 11) is 0. The summed E-state index contributed by atoms with van der Waals surface area (Å²) in [6.45, 7) is 4.70. The highest BCUT2D eigenvalue weighted by molar-refractivity contribution is 5.75. The molecule has 0 spiro atoms. The van der Waals surface area contributed by atoms with E-state index in [0.29, 0.717) is 0 Å². The van der Waals surface area contributed by atoms with E-state index in [1.54, 1.807) is 0 Å². The van der Waals surface area contributed by atoms with E-state index in [4.69, 9.17) is 0 Å². The molecule has 0 nitrogen and oxygen atoms in total. The van der Waals surface area contributed by atoms with Crippen molar-refractivity contribution >= 4 is 5.57 Å². The highest BCUT2D eigenvalue weighted by Gasteiger charge is 2.25. The second-order valence-corrected chi connectivity index (χ2v) is 9.15. The molecule has 3 rings (SSSR count). The molecule has 27 heavy (non-hydrogen) atoms. The Morgan fingerprint density at radius 3 is 2.22 bits per heavy atom. The lowest BCUT2D eigenvalue weighted by Gasteiger charge is -2.32. The van der Waals surface area contributed by atoms with Crippen LogP contribution in [0, 0.1) is 17.8 Å². The molecule has 2 aliphatic carbocycles. The first-order valence-electron chi connectivity index (χ1n) is 11.7. The van der Waals surface area contributed by atoms with Crippen LogP contribution < -0.4 is 0 Å². The minimum atomic E-state index is 0.785. The zero-order valence-electron chi connectivity index (χ0n) is 17.8. The van der Waals surface area contributed by atoms with E-state index in [9.17, 15) is 0 Å². The van der Waals surface area contributed by atoms with Crippen molar-refractivity contribution in [1.29, 1.82) is 0 Å². The maximum absolute atomic E-state index is 2.51. The van der Waals surface area contributed by atoms with Gasteiger partial charge >= 0.3 is 0 Å². The summed E-state index contributed by atoms with van der Waals surface area (Å²) < 4.78 is 0. The normalized spacial score (nSPS) is 25.4. The molecule has 2 aliphatic rings. The van der Waals surface area contributed by atoms with Crippen LogP contribution in [0.25, 0.3) is 5.57 Å². The predicted molar refractivity (Wildman–Crippen MR) is 120 cm³/mol. The number of allylic oxidation sites excluding steroid dienone is 4. The molecular formula is C27H40. The number of hydrogen-bond acceptors (Lipinski definition) is 0. The molecule has 1 aromatic carbocycles. The number of hydrogen-bond donors (Lipinski definition) is 0. The molecule has 1 atom stereocenters. The van der Waals surface area contributed by atoms with E-state index in [1.165, 1.54) is 93.7 Å². The molecule has 0 heteroatoms. The van der Waals surface area contributed by atoms with Crippen LogP contribution >= 0.6 is 0 Å². The maximum atomic E-state index is 2.51. The molecule has 0 aliphatic heterocycles. The topological polar surface area (TPSA) is 0 Å². The molecule has 1 unspecified atom stereocenters. The standard InChI is InChI=1S/C27H40/c1-3-4-5-6-7-8-9-23-12-16-25(17-13-23)27-20-18-26(19-21-27)24-14-10-22(2)11-15-24/h12-13,16-18,20-22,24,26H,3-11,14-15,19H2,1-2H3. The SMILES string of the molecule is CCCCCCCCc1ccc(C2=CCC(C3CCC(C)CC3)C=C2)cc1. The third kappa shape index (κ3) is 6.37. The van der Waals surface area contributed by atoms with Gasteiger partial charge in [0.05, 0.1) is 0 Å². The first kappa shape index (κ1) is 20.4. The average Bonchev–Trinajstić information content (AvgIpc) is 2.72. The fourth-order valence-electron chi connectivity index (χ4n) is 4.89.